The number of ether oxygens (including phenoxy) is 2. The van der Waals surface area contributed by atoms with Crippen molar-refractivity contribution in [1.82, 2.24) is 0 Å². The molecule has 0 fully saturated rings. The minimum absolute atomic E-state index is 0.00267. The fourth-order valence-electron chi connectivity index (χ4n) is 3.63. The fraction of sp³-hybridized carbons (Fsp3) is 0.286. The molecule has 0 atom stereocenters. The van der Waals surface area contributed by atoms with Crippen molar-refractivity contribution >= 4 is 28.9 Å². The topological polar surface area (TPSA) is 100 Å². The molecule has 156 valence electrons. The highest BCUT2D eigenvalue weighted by molar-refractivity contribution is 6.54. The first kappa shape index (κ1) is 19.8. The summed E-state index contributed by atoms with van der Waals surface area (Å²) in [4.78, 5) is 26.2. The smallest absolute Gasteiger partial charge is 0.281 e. The average molecular weight is 413 g/mol. The van der Waals surface area contributed by atoms with E-state index in [1.807, 2.05) is 6.92 Å². The van der Waals surface area contributed by atoms with Crippen molar-refractivity contribution < 1.29 is 28.7 Å². The van der Waals surface area contributed by atoms with Crippen molar-refractivity contribution in [2.45, 2.75) is 32.9 Å². The third kappa shape index (κ3) is 3.59. The van der Waals surface area contributed by atoms with E-state index in [4.69, 9.17) is 9.47 Å². The molecule has 2 heterocycles. The molecule has 0 bridgehead atoms. The predicted octanol–water partition coefficient (Wildman–Crippen LogP) is 3.16. The number of carbonyl (C=O) groups is 2. The van der Waals surface area contributed by atoms with Crippen LogP contribution in [0, 0.1) is 5.82 Å². The minimum atomic E-state index is -0.533. The van der Waals surface area contributed by atoms with Gasteiger partial charge in [-0.25, -0.2) is 4.39 Å². The maximum absolute atomic E-state index is 14.1. The number of hydrogen-bond acceptors (Lipinski definition) is 6. The Morgan fingerprint density at radius 2 is 2.17 bits per heavy atom. The Hall–Kier alpha value is -3.46. The van der Waals surface area contributed by atoms with Gasteiger partial charge in [0.1, 0.15) is 11.6 Å². The lowest BCUT2D eigenvalue weighted by Crippen LogP contribution is -2.30. The van der Waals surface area contributed by atoms with Crippen molar-refractivity contribution in [1.29, 1.82) is 0 Å². The van der Waals surface area contributed by atoms with Gasteiger partial charge in [0.05, 0.1) is 18.8 Å². The number of rotatable bonds is 5. The summed E-state index contributed by atoms with van der Waals surface area (Å²) >= 11 is 0. The summed E-state index contributed by atoms with van der Waals surface area (Å²) < 4.78 is 24.9. The van der Waals surface area contributed by atoms with Crippen molar-refractivity contribution in [2.24, 2.45) is 5.16 Å². The van der Waals surface area contributed by atoms with Gasteiger partial charge in [-0.2, -0.15) is 0 Å². The monoisotopic (exact) mass is 413 g/mol. The molecule has 9 heteroatoms. The molecule has 2 aromatic carbocycles. The SMILES string of the molecule is CCCC(=O)Nc1ccc2c(c1)N(Cc1cc(F)cc3c1OCOC3)C(=O)/C2=N\O. The van der Waals surface area contributed by atoms with Crippen LogP contribution in [-0.4, -0.2) is 29.5 Å². The molecule has 2 aromatic rings. The maximum Gasteiger partial charge on any atom is 0.281 e. The number of anilines is 2. The Bertz CT molecular complexity index is 1050. The van der Waals surface area contributed by atoms with Crippen molar-refractivity contribution in [3.63, 3.8) is 0 Å². The molecule has 0 unspecified atom stereocenters. The molecule has 0 saturated carbocycles. The Morgan fingerprint density at radius 3 is 2.93 bits per heavy atom. The van der Waals surface area contributed by atoms with E-state index in [-0.39, 0.29) is 31.6 Å². The van der Waals surface area contributed by atoms with E-state index in [2.05, 4.69) is 10.5 Å². The van der Waals surface area contributed by atoms with Gasteiger partial charge in [0.15, 0.2) is 12.5 Å². The fourth-order valence-corrected chi connectivity index (χ4v) is 3.63. The molecule has 2 aliphatic heterocycles. The van der Waals surface area contributed by atoms with Crippen LogP contribution in [-0.2, 0) is 27.5 Å². The summed E-state index contributed by atoms with van der Waals surface area (Å²) in [7, 11) is 0. The largest absolute Gasteiger partial charge is 0.467 e. The molecule has 0 spiro atoms. The van der Waals surface area contributed by atoms with Gasteiger partial charge < -0.3 is 24.9 Å². The summed E-state index contributed by atoms with van der Waals surface area (Å²) in [6.45, 7) is 2.14. The van der Waals surface area contributed by atoms with E-state index >= 15 is 0 Å². The van der Waals surface area contributed by atoms with E-state index in [1.54, 1.807) is 18.2 Å². The summed E-state index contributed by atoms with van der Waals surface area (Å²) in [6.07, 6.45) is 1.08. The maximum atomic E-state index is 14.1. The van der Waals surface area contributed by atoms with E-state index in [0.29, 0.717) is 46.7 Å². The molecule has 4 rings (SSSR count). The zero-order valence-corrected chi connectivity index (χ0v) is 16.3. The van der Waals surface area contributed by atoms with Gasteiger partial charge in [-0.3, -0.25) is 9.59 Å². The summed E-state index contributed by atoms with van der Waals surface area (Å²) in [5.74, 6) is -0.674. The zero-order chi connectivity index (χ0) is 21.3. The number of hydrogen-bond donors (Lipinski definition) is 2. The number of nitrogens with zero attached hydrogens (tertiary/aromatic N) is 2. The van der Waals surface area contributed by atoms with Crippen molar-refractivity contribution in [3.05, 3.63) is 52.8 Å². The first-order chi connectivity index (χ1) is 14.5. The van der Waals surface area contributed by atoms with Gasteiger partial charge in [-0.1, -0.05) is 12.1 Å². The molecule has 8 nitrogen and oxygen atoms in total. The predicted molar refractivity (Wildman–Crippen MR) is 106 cm³/mol. The lowest BCUT2D eigenvalue weighted by Gasteiger charge is -2.24. The minimum Gasteiger partial charge on any atom is -0.467 e. The van der Waals surface area contributed by atoms with E-state index in [9.17, 15) is 19.2 Å². The number of nitrogens with one attached hydrogen (secondary N) is 1. The normalized spacial score (nSPS) is 16.3. The summed E-state index contributed by atoms with van der Waals surface area (Å²) in [5, 5.41) is 15.3. The van der Waals surface area contributed by atoms with Crippen LogP contribution in [0.25, 0.3) is 0 Å². The highest BCUT2D eigenvalue weighted by atomic mass is 19.1. The highest BCUT2D eigenvalue weighted by Gasteiger charge is 2.36. The summed E-state index contributed by atoms with van der Waals surface area (Å²) in [6, 6.07) is 7.51. The van der Waals surface area contributed by atoms with Crippen molar-refractivity contribution in [3.8, 4) is 5.75 Å². The number of benzene rings is 2. The average Bonchev–Trinajstić information content (AvgIpc) is 2.98. The number of amides is 2. The number of fused-ring (bicyclic) bond motifs is 2. The Morgan fingerprint density at radius 1 is 1.33 bits per heavy atom. The van der Waals surface area contributed by atoms with Crippen LogP contribution < -0.4 is 15.0 Å². The second-order valence-corrected chi connectivity index (χ2v) is 7.03. The van der Waals surface area contributed by atoms with Crippen LogP contribution >= 0.6 is 0 Å². The molecule has 2 aliphatic rings. The molecule has 30 heavy (non-hydrogen) atoms. The third-order valence-corrected chi connectivity index (χ3v) is 4.93. The second kappa shape index (κ2) is 8.11. The van der Waals surface area contributed by atoms with Gasteiger partial charge in [0.25, 0.3) is 5.91 Å². The van der Waals surface area contributed by atoms with Gasteiger partial charge in [-0.15, -0.1) is 0 Å². The van der Waals surface area contributed by atoms with E-state index in [0.717, 1.165) is 0 Å². The number of oxime groups is 1. The zero-order valence-electron chi connectivity index (χ0n) is 16.3. The van der Waals surface area contributed by atoms with Crippen LogP contribution in [0.4, 0.5) is 15.8 Å². The Balaban J connectivity index is 1.71. The lowest BCUT2D eigenvalue weighted by molar-refractivity contribution is -0.116. The highest BCUT2D eigenvalue weighted by Crippen LogP contribution is 2.36. The Kier molecular flexibility index (Phi) is 5.37. The van der Waals surface area contributed by atoms with Gasteiger partial charge >= 0.3 is 0 Å². The number of carbonyl (C=O) groups excluding carboxylic acids is 2. The summed E-state index contributed by atoms with van der Waals surface area (Å²) in [5.41, 5.74) is 2.28. The molecule has 0 aromatic heterocycles. The van der Waals surface area contributed by atoms with Crippen LogP contribution in [0.15, 0.2) is 35.5 Å². The molecular formula is C21H20FN3O5. The molecular weight excluding hydrogens is 393 g/mol. The first-order valence-corrected chi connectivity index (χ1v) is 9.51. The van der Waals surface area contributed by atoms with Crippen LogP contribution in [0.1, 0.15) is 36.5 Å². The van der Waals surface area contributed by atoms with Crippen LogP contribution in [0.3, 0.4) is 0 Å². The first-order valence-electron chi connectivity index (χ1n) is 9.51. The number of halogens is 1. The third-order valence-electron chi connectivity index (χ3n) is 4.93. The van der Waals surface area contributed by atoms with E-state index in [1.165, 1.54) is 17.0 Å². The molecule has 0 saturated heterocycles. The standard InChI is InChI=1S/C21H20FN3O5/c1-2-3-18(26)23-15-4-5-16-17(8-15)25(21(27)19(16)24-28)9-12-6-14(22)7-13-10-29-11-30-20(12)13/h4-8,28H,2-3,9-11H2,1H3,(H,23,26)/b24-19-. The Labute approximate surface area is 171 Å². The van der Waals surface area contributed by atoms with Gasteiger partial charge in [0.2, 0.25) is 5.91 Å². The quantitative estimate of drug-likeness (QED) is 0.579. The van der Waals surface area contributed by atoms with Crippen molar-refractivity contribution in [2.75, 3.05) is 17.0 Å². The van der Waals surface area contributed by atoms with Gasteiger partial charge in [-0.05, 0) is 36.8 Å². The molecule has 2 N–H and O–H groups in total. The van der Waals surface area contributed by atoms with Crippen LogP contribution in [0.5, 0.6) is 5.75 Å². The molecule has 0 aliphatic carbocycles. The van der Waals surface area contributed by atoms with Gasteiger partial charge in [0, 0.05) is 28.8 Å². The van der Waals surface area contributed by atoms with Crippen LogP contribution in [0.2, 0.25) is 0 Å². The van der Waals surface area contributed by atoms with E-state index < -0.39 is 11.7 Å². The second-order valence-electron chi connectivity index (χ2n) is 7.03. The molecule has 0 radical (unpaired) electrons. The lowest BCUT2D eigenvalue weighted by atomic mass is 10.1. The molecule has 2 amide bonds.